The van der Waals surface area contributed by atoms with Gasteiger partial charge in [0.25, 0.3) is 0 Å². The Morgan fingerprint density at radius 1 is 1.09 bits per heavy atom. The van der Waals surface area contributed by atoms with Gasteiger partial charge in [0, 0.05) is 32.6 Å². The van der Waals surface area contributed by atoms with E-state index in [-0.39, 0.29) is 17.7 Å². The number of nitrogens with zero attached hydrogens (tertiary/aromatic N) is 2. The van der Waals surface area contributed by atoms with E-state index < -0.39 is 10.0 Å². The molecule has 2 fully saturated rings. The molecule has 0 aromatic rings. The van der Waals surface area contributed by atoms with Crippen molar-refractivity contribution >= 4 is 15.9 Å². The van der Waals surface area contributed by atoms with Crippen molar-refractivity contribution in [3.05, 3.63) is 0 Å². The summed E-state index contributed by atoms with van der Waals surface area (Å²) in [5.41, 5.74) is 0. The number of rotatable bonds is 6. The van der Waals surface area contributed by atoms with Gasteiger partial charge in [-0.15, -0.1) is 0 Å². The van der Waals surface area contributed by atoms with Crippen LogP contribution in [0.4, 0.5) is 0 Å². The number of hydrogen-bond donors (Lipinski definition) is 0. The summed E-state index contributed by atoms with van der Waals surface area (Å²) in [6, 6.07) is 0.0438. The average Bonchev–Trinajstić information content (AvgIpc) is 2.60. The Balaban J connectivity index is 1.74. The first kappa shape index (κ1) is 18.7. The zero-order valence-electron chi connectivity index (χ0n) is 14.7. The van der Waals surface area contributed by atoms with Crippen LogP contribution in [0, 0.1) is 5.92 Å². The molecule has 1 aliphatic heterocycles. The van der Waals surface area contributed by atoms with Crippen LogP contribution >= 0.6 is 0 Å². The van der Waals surface area contributed by atoms with Crippen LogP contribution in [0.5, 0.6) is 0 Å². The standard InChI is InChI=1S/C17H32N2O3S/c1-3-23(21,22)18(2)16-11-13-19(14-12-16)17(20)10-9-15-7-5-4-6-8-15/h15-16H,3-14H2,1-2H3. The predicted molar refractivity (Wildman–Crippen MR) is 92.6 cm³/mol. The zero-order valence-corrected chi connectivity index (χ0v) is 15.5. The van der Waals surface area contributed by atoms with Gasteiger partial charge in [0.2, 0.25) is 15.9 Å². The summed E-state index contributed by atoms with van der Waals surface area (Å²) in [4.78, 5) is 14.3. The number of piperidine rings is 1. The molecule has 0 atom stereocenters. The van der Waals surface area contributed by atoms with E-state index in [2.05, 4.69) is 0 Å². The Morgan fingerprint density at radius 3 is 2.26 bits per heavy atom. The molecule has 0 unspecified atom stereocenters. The van der Waals surface area contributed by atoms with Crippen molar-refractivity contribution in [3.8, 4) is 0 Å². The summed E-state index contributed by atoms with van der Waals surface area (Å²) in [6.07, 6.45) is 9.78. The van der Waals surface area contributed by atoms with Crippen LogP contribution in [0.25, 0.3) is 0 Å². The molecule has 23 heavy (non-hydrogen) atoms. The molecular formula is C17H32N2O3S. The van der Waals surface area contributed by atoms with Gasteiger partial charge in [-0.2, -0.15) is 0 Å². The Bertz CT molecular complexity index is 478. The SMILES string of the molecule is CCS(=O)(=O)N(C)C1CCN(C(=O)CCC2CCCCC2)CC1. The van der Waals surface area contributed by atoms with Crippen molar-refractivity contribution in [2.45, 2.75) is 70.8 Å². The van der Waals surface area contributed by atoms with Gasteiger partial charge in [-0.05, 0) is 32.1 Å². The summed E-state index contributed by atoms with van der Waals surface area (Å²) in [5, 5.41) is 0. The highest BCUT2D eigenvalue weighted by Gasteiger charge is 2.30. The fraction of sp³-hybridized carbons (Fsp3) is 0.941. The molecule has 2 rings (SSSR count). The molecule has 1 aliphatic carbocycles. The fourth-order valence-corrected chi connectivity index (χ4v) is 4.94. The second-order valence-electron chi connectivity index (χ2n) is 7.07. The first-order chi connectivity index (χ1) is 10.9. The molecule has 0 radical (unpaired) electrons. The number of sulfonamides is 1. The molecule has 5 nitrogen and oxygen atoms in total. The van der Waals surface area contributed by atoms with Crippen LogP contribution in [0.2, 0.25) is 0 Å². The smallest absolute Gasteiger partial charge is 0.222 e. The number of carbonyl (C=O) groups excluding carboxylic acids is 1. The van der Waals surface area contributed by atoms with Gasteiger partial charge in [-0.3, -0.25) is 4.79 Å². The Hall–Kier alpha value is -0.620. The van der Waals surface area contributed by atoms with E-state index in [9.17, 15) is 13.2 Å². The van der Waals surface area contributed by atoms with Crippen molar-refractivity contribution in [2.24, 2.45) is 5.92 Å². The third kappa shape index (κ3) is 5.18. The minimum Gasteiger partial charge on any atom is -0.343 e. The van der Waals surface area contributed by atoms with Crippen molar-refractivity contribution < 1.29 is 13.2 Å². The molecular weight excluding hydrogens is 312 g/mol. The molecule has 1 saturated heterocycles. The maximum atomic E-state index is 12.4. The van der Waals surface area contributed by atoms with E-state index in [0.29, 0.717) is 19.5 Å². The largest absolute Gasteiger partial charge is 0.343 e. The van der Waals surface area contributed by atoms with Gasteiger partial charge in [0.05, 0.1) is 5.75 Å². The summed E-state index contributed by atoms with van der Waals surface area (Å²) < 4.78 is 25.4. The molecule has 0 spiro atoms. The lowest BCUT2D eigenvalue weighted by atomic mass is 9.86. The number of likely N-dealkylation sites (tertiary alicyclic amines) is 1. The normalized spacial score (nSPS) is 21.8. The summed E-state index contributed by atoms with van der Waals surface area (Å²) >= 11 is 0. The van der Waals surface area contributed by atoms with Gasteiger partial charge in [0.15, 0.2) is 0 Å². The third-order valence-corrected chi connectivity index (χ3v) is 7.53. The van der Waals surface area contributed by atoms with E-state index >= 15 is 0 Å². The molecule has 0 aromatic carbocycles. The lowest BCUT2D eigenvalue weighted by molar-refractivity contribution is -0.132. The predicted octanol–water partition coefficient (Wildman–Crippen LogP) is 2.62. The molecule has 1 saturated carbocycles. The second kappa shape index (κ2) is 8.47. The van der Waals surface area contributed by atoms with Crippen LogP contribution in [0.15, 0.2) is 0 Å². The number of carbonyl (C=O) groups is 1. The molecule has 1 amide bonds. The Labute approximate surface area is 141 Å². The minimum atomic E-state index is -3.13. The summed E-state index contributed by atoms with van der Waals surface area (Å²) in [5.74, 6) is 1.14. The fourth-order valence-electron chi connectivity index (χ4n) is 3.87. The highest BCUT2D eigenvalue weighted by molar-refractivity contribution is 7.89. The molecule has 134 valence electrons. The first-order valence-corrected chi connectivity index (χ1v) is 10.8. The van der Waals surface area contributed by atoms with Crippen LogP contribution in [-0.2, 0) is 14.8 Å². The summed E-state index contributed by atoms with van der Waals surface area (Å²) in [6.45, 7) is 3.06. The lowest BCUT2D eigenvalue weighted by Gasteiger charge is -2.36. The van der Waals surface area contributed by atoms with E-state index in [1.165, 1.54) is 36.4 Å². The minimum absolute atomic E-state index is 0.0438. The molecule has 0 N–H and O–H groups in total. The van der Waals surface area contributed by atoms with Crippen LogP contribution < -0.4 is 0 Å². The monoisotopic (exact) mass is 344 g/mol. The number of amides is 1. The van der Waals surface area contributed by atoms with Crippen molar-refractivity contribution in [2.75, 3.05) is 25.9 Å². The van der Waals surface area contributed by atoms with Crippen molar-refractivity contribution in [3.63, 3.8) is 0 Å². The molecule has 6 heteroatoms. The second-order valence-corrected chi connectivity index (χ2v) is 9.39. The van der Waals surface area contributed by atoms with Crippen LogP contribution in [-0.4, -0.2) is 55.5 Å². The molecule has 0 bridgehead atoms. The van der Waals surface area contributed by atoms with Gasteiger partial charge in [0.1, 0.15) is 0 Å². The van der Waals surface area contributed by atoms with E-state index in [1.54, 1.807) is 14.0 Å². The van der Waals surface area contributed by atoms with Gasteiger partial charge >= 0.3 is 0 Å². The van der Waals surface area contributed by atoms with E-state index in [0.717, 1.165) is 25.2 Å². The van der Waals surface area contributed by atoms with E-state index in [1.807, 2.05) is 4.90 Å². The van der Waals surface area contributed by atoms with Crippen molar-refractivity contribution in [1.82, 2.24) is 9.21 Å². The van der Waals surface area contributed by atoms with Crippen LogP contribution in [0.1, 0.15) is 64.7 Å². The Kier molecular flexibility index (Phi) is 6.89. The quantitative estimate of drug-likeness (QED) is 0.744. The van der Waals surface area contributed by atoms with E-state index in [4.69, 9.17) is 0 Å². The molecule has 2 aliphatic rings. The maximum absolute atomic E-state index is 12.4. The highest BCUT2D eigenvalue weighted by atomic mass is 32.2. The maximum Gasteiger partial charge on any atom is 0.222 e. The topological polar surface area (TPSA) is 57.7 Å². The lowest BCUT2D eigenvalue weighted by Crippen LogP contribution is -2.47. The molecule has 0 aromatic heterocycles. The average molecular weight is 345 g/mol. The van der Waals surface area contributed by atoms with Gasteiger partial charge < -0.3 is 4.90 Å². The first-order valence-electron chi connectivity index (χ1n) is 9.17. The Morgan fingerprint density at radius 2 is 1.70 bits per heavy atom. The highest BCUT2D eigenvalue weighted by Crippen LogP contribution is 2.28. The van der Waals surface area contributed by atoms with Gasteiger partial charge in [-0.1, -0.05) is 32.1 Å². The van der Waals surface area contributed by atoms with Crippen molar-refractivity contribution in [1.29, 1.82) is 0 Å². The van der Waals surface area contributed by atoms with Crippen LogP contribution in [0.3, 0.4) is 0 Å². The number of hydrogen-bond acceptors (Lipinski definition) is 3. The zero-order chi connectivity index (χ0) is 16.9. The summed E-state index contributed by atoms with van der Waals surface area (Å²) in [7, 11) is -1.46. The molecule has 1 heterocycles. The van der Waals surface area contributed by atoms with Gasteiger partial charge in [-0.25, -0.2) is 12.7 Å². The third-order valence-electron chi connectivity index (χ3n) is 5.63.